The Bertz CT molecular complexity index is 355. The molecule has 18 heavy (non-hydrogen) atoms. The van der Waals surface area contributed by atoms with Crippen molar-refractivity contribution in [3.63, 3.8) is 0 Å². The fourth-order valence-electron chi connectivity index (χ4n) is 2.52. The van der Waals surface area contributed by atoms with Crippen molar-refractivity contribution in [1.29, 1.82) is 0 Å². The number of aldehydes is 1. The van der Waals surface area contributed by atoms with Crippen molar-refractivity contribution in [3.8, 4) is 0 Å². The minimum atomic E-state index is 0.648. The van der Waals surface area contributed by atoms with Crippen LogP contribution in [0.1, 0.15) is 62.6 Å². The van der Waals surface area contributed by atoms with Crippen LogP contribution in [0, 0.1) is 0 Å². The van der Waals surface area contributed by atoms with Gasteiger partial charge in [0.15, 0.2) is 0 Å². The molecule has 1 aromatic carbocycles. The largest absolute Gasteiger partial charge is 0.303 e. The zero-order valence-corrected chi connectivity index (χ0v) is 11.9. The molecule has 0 aromatic heterocycles. The van der Waals surface area contributed by atoms with Gasteiger partial charge in [0.05, 0.1) is 0 Å². The second-order valence-electron chi connectivity index (χ2n) is 4.92. The molecule has 0 amide bonds. The molecular formula is C17H26O. The van der Waals surface area contributed by atoms with Gasteiger partial charge in [-0.25, -0.2) is 0 Å². The number of benzene rings is 1. The summed E-state index contributed by atoms with van der Waals surface area (Å²) in [6.45, 7) is 4.46. The summed E-state index contributed by atoms with van der Waals surface area (Å²) in [6, 6.07) is 6.56. The Hall–Kier alpha value is -1.11. The van der Waals surface area contributed by atoms with Crippen molar-refractivity contribution in [2.75, 3.05) is 0 Å². The summed E-state index contributed by atoms with van der Waals surface area (Å²) in [5, 5.41) is 0. The van der Waals surface area contributed by atoms with Gasteiger partial charge in [0, 0.05) is 6.42 Å². The first-order chi connectivity index (χ1) is 8.83. The Balaban J connectivity index is 2.72. The highest BCUT2D eigenvalue weighted by atomic mass is 16.1. The van der Waals surface area contributed by atoms with Crippen LogP contribution in [0.4, 0.5) is 0 Å². The lowest BCUT2D eigenvalue weighted by Gasteiger charge is -2.13. The predicted octanol–water partition coefficient (Wildman–Crippen LogP) is 4.50. The second kappa shape index (κ2) is 8.91. The average Bonchev–Trinajstić information content (AvgIpc) is 2.41. The Morgan fingerprint density at radius 2 is 1.78 bits per heavy atom. The minimum Gasteiger partial charge on any atom is -0.303 e. The van der Waals surface area contributed by atoms with Crippen molar-refractivity contribution < 1.29 is 4.79 Å². The van der Waals surface area contributed by atoms with Crippen molar-refractivity contribution in [3.05, 3.63) is 34.9 Å². The van der Waals surface area contributed by atoms with Crippen LogP contribution in [-0.2, 0) is 24.1 Å². The third-order valence-corrected chi connectivity index (χ3v) is 3.56. The van der Waals surface area contributed by atoms with E-state index in [0.717, 1.165) is 19.1 Å². The van der Waals surface area contributed by atoms with E-state index < -0.39 is 0 Å². The van der Waals surface area contributed by atoms with Gasteiger partial charge in [0.2, 0.25) is 0 Å². The van der Waals surface area contributed by atoms with Crippen LogP contribution < -0.4 is 0 Å². The van der Waals surface area contributed by atoms with E-state index in [-0.39, 0.29) is 0 Å². The maximum Gasteiger partial charge on any atom is 0.120 e. The van der Waals surface area contributed by atoms with E-state index in [9.17, 15) is 4.79 Å². The van der Waals surface area contributed by atoms with Crippen molar-refractivity contribution in [1.82, 2.24) is 0 Å². The monoisotopic (exact) mass is 246 g/mol. The maximum absolute atomic E-state index is 10.5. The molecule has 100 valence electrons. The summed E-state index contributed by atoms with van der Waals surface area (Å²) in [7, 11) is 0. The van der Waals surface area contributed by atoms with Gasteiger partial charge >= 0.3 is 0 Å². The van der Waals surface area contributed by atoms with Crippen LogP contribution in [0.3, 0.4) is 0 Å². The highest BCUT2D eigenvalue weighted by molar-refractivity contribution is 5.50. The lowest BCUT2D eigenvalue weighted by molar-refractivity contribution is -0.107. The molecule has 1 nitrogen and oxygen atoms in total. The molecule has 0 aliphatic heterocycles. The van der Waals surface area contributed by atoms with Gasteiger partial charge < -0.3 is 4.79 Å². The molecule has 0 spiro atoms. The van der Waals surface area contributed by atoms with E-state index in [1.165, 1.54) is 48.8 Å². The standard InChI is InChI=1S/C17H26O/c1-3-5-6-7-13-17-15(4-2)10-8-11-16(17)12-9-14-18/h8,10-11,14H,3-7,9,12-13H2,1-2H3. The molecule has 0 atom stereocenters. The van der Waals surface area contributed by atoms with Crippen molar-refractivity contribution >= 4 is 6.29 Å². The average molecular weight is 246 g/mol. The summed E-state index contributed by atoms with van der Waals surface area (Å²) in [5.74, 6) is 0. The molecule has 0 fully saturated rings. The third kappa shape index (κ3) is 4.64. The normalized spacial score (nSPS) is 10.6. The van der Waals surface area contributed by atoms with Crippen LogP contribution in [0.25, 0.3) is 0 Å². The van der Waals surface area contributed by atoms with E-state index in [1.807, 2.05) is 0 Å². The molecular weight excluding hydrogens is 220 g/mol. The lowest BCUT2D eigenvalue weighted by Crippen LogP contribution is -2.00. The zero-order valence-electron chi connectivity index (χ0n) is 11.9. The molecule has 0 aliphatic rings. The van der Waals surface area contributed by atoms with Crippen LogP contribution in [-0.4, -0.2) is 6.29 Å². The highest BCUT2D eigenvalue weighted by Gasteiger charge is 2.06. The van der Waals surface area contributed by atoms with Gasteiger partial charge in [-0.3, -0.25) is 0 Å². The van der Waals surface area contributed by atoms with Gasteiger partial charge in [0.1, 0.15) is 6.29 Å². The first kappa shape index (κ1) is 14.9. The topological polar surface area (TPSA) is 17.1 Å². The van der Waals surface area contributed by atoms with Crippen molar-refractivity contribution in [2.24, 2.45) is 0 Å². The molecule has 0 radical (unpaired) electrons. The van der Waals surface area contributed by atoms with Gasteiger partial charge in [-0.05, 0) is 42.4 Å². The number of carbonyl (C=O) groups is 1. The summed E-state index contributed by atoms with van der Waals surface area (Å²) in [6.07, 6.45) is 10.1. The van der Waals surface area contributed by atoms with E-state index in [2.05, 4.69) is 32.0 Å². The third-order valence-electron chi connectivity index (χ3n) is 3.56. The predicted molar refractivity (Wildman–Crippen MR) is 78.1 cm³/mol. The molecule has 1 aromatic rings. The van der Waals surface area contributed by atoms with Gasteiger partial charge in [-0.15, -0.1) is 0 Å². The lowest BCUT2D eigenvalue weighted by atomic mass is 9.92. The Morgan fingerprint density at radius 3 is 2.44 bits per heavy atom. The molecule has 1 heteroatoms. The molecule has 0 unspecified atom stereocenters. The van der Waals surface area contributed by atoms with Gasteiger partial charge in [-0.2, -0.15) is 0 Å². The fraction of sp³-hybridized carbons (Fsp3) is 0.588. The van der Waals surface area contributed by atoms with Gasteiger partial charge in [0.25, 0.3) is 0 Å². The van der Waals surface area contributed by atoms with Crippen LogP contribution >= 0.6 is 0 Å². The number of aryl methyl sites for hydroxylation is 2. The quantitative estimate of drug-likeness (QED) is 0.463. The number of unbranched alkanes of at least 4 members (excludes halogenated alkanes) is 3. The molecule has 0 saturated carbocycles. The number of hydrogen-bond donors (Lipinski definition) is 0. The minimum absolute atomic E-state index is 0.648. The smallest absolute Gasteiger partial charge is 0.120 e. The summed E-state index contributed by atoms with van der Waals surface area (Å²) >= 11 is 0. The van der Waals surface area contributed by atoms with Crippen LogP contribution in [0.15, 0.2) is 18.2 Å². The van der Waals surface area contributed by atoms with E-state index in [0.29, 0.717) is 6.42 Å². The molecule has 0 heterocycles. The molecule has 1 rings (SSSR count). The van der Waals surface area contributed by atoms with E-state index in [1.54, 1.807) is 0 Å². The molecule has 0 saturated heterocycles. The first-order valence-electron chi connectivity index (χ1n) is 7.36. The summed E-state index contributed by atoms with van der Waals surface area (Å²) in [5.41, 5.74) is 4.37. The highest BCUT2D eigenvalue weighted by Crippen LogP contribution is 2.20. The Kier molecular flexibility index (Phi) is 7.40. The zero-order chi connectivity index (χ0) is 13.2. The maximum atomic E-state index is 10.5. The molecule has 0 bridgehead atoms. The SMILES string of the molecule is CCCCCCc1c(CC)cccc1CCC=O. The number of rotatable bonds is 9. The second-order valence-corrected chi connectivity index (χ2v) is 4.92. The van der Waals surface area contributed by atoms with Crippen LogP contribution in [0.2, 0.25) is 0 Å². The van der Waals surface area contributed by atoms with E-state index in [4.69, 9.17) is 0 Å². The Morgan fingerprint density at radius 1 is 1.00 bits per heavy atom. The summed E-state index contributed by atoms with van der Waals surface area (Å²) in [4.78, 5) is 10.5. The van der Waals surface area contributed by atoms with Gasteiger partial charge in [-0.1, -0.05) is 51.3 Å². The molecule has 0 N–H and O–H groups in total. The fourth-order valence-corrected chi connectivity index (χ4v) is 2.52. The van der Waals surface area contributed by atoms with Crippen molar-refractivity contribution in [2.45, 2.75) is 65.2 Å². The molecule has 0 aliphatic carbocycles. The van der Waals surface area contributed by atoms with E-state index >= 15 is 0 Å². The number of carbonyl (C=O) groups excluding carboxylic acids is 1. The summed E-state index contributed by atoms with van der Waals surface area (Å²) < 4.78 is 0. The van der Waals surface area contributed by atoms with Crippen LogP contribution in [0.5, 0.6) is 0 Å². The number of hydrogen-bond acceptors (Lipinski definition) is 1. The Labute approximate surface area is 112 Å². The first-order valence-corrected chi connectivity index (χ1v) is 7.36.